The molecule has 0 radical (unpaired) electrons. The van der Waals surface area contributed by atoms with Crippen LogP contribution in [0.1, 0.15) is 0 Å². The number of anilines is 3. The molecular weight excluding hydrogens is 779 g/mol. The molecule has 1 aliphatic rings. The fourth-order valence-corrected chi connectivity index (χ4v) is 9.85. The molecule has 0 aliphatic carbocycles. The summed E-state index contributed by atoms with van der Waals surface area (Å²) in [6.07, 6.45) is 0. The van der Waals surface area contributed by atoms with Gasteiger partial charge in [0, 0.05) is 49.8 Å². The second-order valence-corrected chi connectivity index (χ2v) is 16.4. The topological polar surface area (TPSA) is 46.8 Å². The maximum absolute atomic E-state index is 5.22. The molecule has 0 saturated carbocycles. The number of para-hydroxylation sites is 3. The monoisotopic (exact) mass is 815 g/mol. The molecule has 12 aromatic rings. The Morgan fingerprint density at radius 1 is 0.312 bits per heavy atom. The second-order valence-electron chi connectivity index (χ2n) is 16.4. The van der Waals surface area contributed by atoms with Gasteiger partial charge in [-0.3, -0.25) is 0 Å². The first-order valence-electron chi connectivity index (χ1n) is 21.7. The Hall–Kier alpha value is -8.67. The maximum atomic E-state index is 5.22. The normalized spacial score (nSPS) is 12.0. The summed E-state index contributed by atoms with van der Waals surface area (Å²) in [6.45, 7) is 0. The molecule has 3 heterocycles. The zero-order chi connectivity index (χ0) is 42.1. The molecule has 0 atom stereocenters. The average molecular weight is 816 g/mol. The Labute approximate surface area is 369 Å². The van der Waals surface area contributed by atoms with Gasteiger partial charge >= 0.3 is 0 Å². The van der Waals surface area contributed by atoms with Crippen LogP contribution in [0.4, 0.5) is 17.1 Å². The minimum Gasteiger partial charge on any atom is -0.309 e. The molecule has 5 nitrogen and oxygen atoms in total. The summed E-state index contributed by atoms with van der Waals surface area (Å²) in [6, 6.07) is 79.9. The highest BCUT2D eigenvalue weighted by Crippen LogP contribution is 2.55. The van der Waals surface area contributed by atoms with E-state index in [9.17, 15) is 0 Å². The second kappa shape index (κ2) is 14.5. The van der Waals surface area contributed by atoms with Gasteiger partial charge < -0.3 is 9.47 Å². The summed E-state index contributed by atoms with van der Waals surface area (Å²) in [7, 11) is 0. The van der Waals surface area contributed by atoms with Crippen molar-refractivity contribution in [1.29, 1.82) is 0 Å². The van der Waals surface area contributed by atoms with Crippen LogP contribution in [0.5, 0.6) is 0 Å². The van der Waals surface area contributed by atoms with Crippen LogP contribution in [0.25, 0.3) is 105 Å². The standard InChI is InChI=1S/C59H37N5/c1-4-16-39(17-5-1)57-60-58(40-18-6-2-7-19-40)62-59(61-57)50-28-15-27-49-48-26-14-25-47-45(34-35-53(55(47)48)64(56(49)50)43-22-8-3-9-23-43)38-30-32-44(33-31-38)63-52-29-13-12-24-46(52)51-36-41-20-10-11-21-42(41)37-54(51)63/h1-37H. The van der Waals surface area contributed by atoms with E-state index in [0.29, 0.717) is 17.5 Å². The molecule has 298 valence electrons. The van der Waals surface area contributed by atoms with Crippen LogP contribution in [-0.4, -0.2) is 19.5 Å². The number of hydrogen-bond donors (Lipinski definition) is 0. The lowest BCUT2D eigenvalue weighted by Gasteiger charge is -2.35. The van der Waals surface area contributed by atoms with E-state index in [4.69, 9.17) is 15.0 Å². The van der Waals surface area contributed by atoms with Crippen LogP contribution in [0, 0.1) is 0 Å². The van der Waals surface area contributed by atoms with Gasteiger partial charge in [-0.25, -0.2) is 15.0 Å². The predicted octanol–water partition coefficient (Wildman–Crippen LogP) is 15.4. The number of benzene rings is 10. The zero-order valence-corrected chi connectivity index (χ0v) is 34.6. The van der Waals surface area contributed by atoms with Gasteiger partial charge in [0.15, 0.2) is 17.5 Å². The number of rotatable bonds is 6. The smallest absolute Gasteiger partial charge is 0.166 e. The molecule has 5 heteroatoms. The average Bonchev–Trinajstić information content (AvgIpc) is 3.69. The van der Waals surface area contributed by atoms with Crippen molar-refractivity contribution in [1.82, 2.24) is 19.5 Å². The molecular formula is C59H37N5. The van der Waals surface area contributed by atoms with Crippen molar-refractivity contribution < 1.29 is 0 Å². The van der Waals surface area contributed by atoms with Crippen molar-refractivity contribution in [2.45, 2.75) is 0 Å². The van der Waals surface area contributed by atoms with Gasteiger partial charge in [0.05, 0.1) is 22.4 Å². The lowest BCUT2D eigenvalue weighted by molar-refractivity contribution is 1.07. The molecule has 10 aromatic carbocycles. The van der Waals surface area contributed by atoms with Gasteiger partial charge in [-0.05, 0) is 87.4 Å². The highest BCUT2D eigenvalue weighted by atomic mass is 15.2. The van der Waals surface area contributed by atoms with E-state index in [2.05, 4.69) is 198 Å². The van der Waals surface area contributed by atoms with Gasteiger partial charge in [-0.1, -0.05) is 170 Å². The maximum Gasteiger partial charge on any atom is 0.166 e. The third-order valence-electron chi connectivity index (χ3n) is 12.7. The van der Waals surface area contributed by atoms with Gasteiger partial charge in [0.2, 0.25) is 0 Å². The van der Waals surface area contributed by atoms with Crippen molar-refractivity contribution in [3.8, 4) is 62.1 Å². The summed E-state index contributed by atoms with van der Waals surface area (Å²) in [5.41, 5.74) is 14.2. The number of nitrogens with zero attached hydrogens (tertiary/aromatic N) is 5. The Balaban J connectivity index is 0.988. The van der Waals surface area contributed by atoms with E-state index in [-0.39, 0.29) is 0 Å². The Bertz CT molecular complexity index is 3710. The highest BCUT2D eigenvalue weighted by Gasteiger charge is 2.31. The van der Waals surface area contributed by atoms with E-state index < -0.39 is 0 Å². The minimum absolute atomic E-state index is 0.620. The van der Waals surface area contributed by atoms with E-state index in [1.165, 1.54) is 54.5 Å². The first-order valence-corrected chi connectivity index (χ1v) is 21.7. The number of fused-ring (bicyclic) bond motifs is 6. The van der Waals surface area contributed by atoms with Crippen LogP contribution >= 0.6 is 0 Å². The zero-order valence-electron chi connectivity index (χ0n) is 34.6. The Morgan fingerprint density at radius 2 is 0.891 bits per heavy atom. The van der Waals surface area contributed by atoms with E-state index in [0.717, 1.165) is 50.6 Å². The summed E-state index contributed by atoms with van der Waals surface area (Å²) in [4.78, 5) is 17.8. The Kier molecular flexibility index (Phi) is 8.15. The quantitative estimate of drug-likeness (QED) is 0.168. The minimum atomic E-state index is 0.620. The van der Waals surface area contributed by atoms with Crippen LogP contribution in [0.3, 0.4) is 0 Å². The largest absolute Gasteiger partial charge is 0.309 e. The molecule has 13 rings (SSSR count). The lowest BCUT2D eigenvalue weighted by Crippen LogP contribution is -2.17. The van der Waals surface area contributed by atoms with Gasteiger partial charge in [-0.15, -0.1) is 0 Å². The predicted molar refractivity (Wildman–Crippen MR) is 265 cm³/mol. The van der Waals surface area contributed by atoms with Gasteiger partial charge in [0.1, 0.15) is 0 Å². The molecule has 0 amide bonds. The Morgan fingerprint density at radius 3 is 1.62 bits per heavy atom. The number of aromatic nitrogens is 4. The van der Waals surface area contributed by atoms with E-state index in [1.807, 2.05) is 36.4 Å². The summed E-state index contributed by atoms with van der Waals surface area (Å²) in [5.74, 6) is 1.89. The molecule has 0 N–H and O–H groups in total. The van der Waals surface area contributed by atoms with Crippen molar-refractivity contribution >= 4 is 60.4 Å². The first-order chi connectivity index (χ1) is 31.7. The fourth-order valence-electron chi connectivity index (χ4n) is 9.85. The molecule has 0 unspecified atom stereocenters. The van der Waals surface area contributed by atoms with Crippen LogP contribution < -0.4 is 4.90 Å². The van der Waals surface area contributed by atoms with Crippen molar-refractivity contribution in [3.63, 3.8) is 0 Å². The first kappa shape index (κ1) is 36.0. The number of hydrogen-bond acceptors (Lipinski definition) is 4. The molecule has 0 saturated heterocycles. The van der Waals surface area contributed by atoms with Crippen molar-refractivity contribution in [2.75, 3.05) is 4.90 Å². The van der Waals surface area contributed by atoms with E-state index in [1.54, 1.807) is 0 Å². The van der Waals surface area contributed by atoms with Gasteiger partial charge in [0.25, 0.3) is 0 Å². The molecule has 0 fully saturated rings. The molecule has 2 aromatic heterocycles. The molecule has 0 spiro atoms. The third kappa shape index (κ3) is 5.68. The highest BCUT2D eigenvalue weighted by molar-refractivity contribution is 6.19. The SMILES string of the molecule is c1ccc(-c2nc(-c3ccccc3)nc(-c3cccc4c3N(c3ccccc3)c3ccc(-c5ccc(-n6c7ccccc7c7cc8ccccc8cc76)cc5)c5cccc-4c35)n2)cc1. The van der Waals surface area contributed by atoms with Crippen molar-refractivity contribution in [2.24, 2.45) is 0 Å². The van der Waals surface area contributed by atoms with Gasteiger partial charge in [-0.2, -0.15) is 0 Å². The van der Waals surface area contributed by atoms with E-state index >= 15 is 0 Å². The summed E-state index contributed by atoms with van der Waals surface area (Å²) >= 11 is 0. The van der Waals surface area contributed by atoms with Crippen LogP contribution in [-0.2, 0) is 0 Å². The molecule has 0 bridgehead atoms. The molecule has 64 heavy (non-hydrogen) atoms. The summed E-state index contributed by atoms with van der Waals surface area (Å²) in [5, 5.41) is 7.40. The van der Waals surface area contributed by atoms with Crippen molar-refractivity contribution in [3.05, 3.63) is 224 Å². The summed E-state index contributed by atoms with van der Waals surface area (Å²) < 4.78 is 2.41. The molecule has 1 aliphatic heterocycles. The third-order valence-corrected chi connectivity index (χ3v) is 12.7. The fraction of sp³-hybridized carbons (Fsp3) is 0. The van der Waals surface area contributed by atoms with Crippen LogP contribution in [0.15, 0.2) is 224 Å². The lowest BCUT2D eigenvalue weighted by atomic mass is 9.86. The van der Waals surface area contributed by atoms with Crippen LogP contribution in [0.2, 0.25) is 0 Å².